The van der Waals surface area contributed by atoms with E-state index in [2.05, 4.69) is 32.5 Å². The minimum Gasteiger partial charge on any atom is -0.478 e. The van der Waals surface area contributed by atoms with E-state index < -0.39 is 26.4 Å². The first-order valence-electron chi connectivity index (χ1n) is 15.0. The van der Waals surface area contributed by atoms with Gasteiger partial charge >= 0.3 is 5.97 Å². The van der Waals surface area contributed by atoms with Crippen molar-refractivity contribution in [2.75, 3.05) is 25.6 Å². The number of unbranched alkanes of at least 4 members (excludes halogenated alkanes) is 14. The van der Waals surface area contributed by atoms with Crippen LogP contribution >= 0.6 is 20.2 Å². The summed E-state index contributed by atoms with van der Waals surface area (Å²) in [5.41, 5.74) is 0. The average Bonchev–Trinajstić information content (AvgIpc) is 2.89. The maximum atomic E-state index is 11.0. The molecule has 0 aromatic heterocycles. The number of thioether (sulfide) groups is 1. The molecule has 8 heteroatoms. The molecule has 2 N–H and O–H groups in total. The van der Waals surface area contributed by atoms with Crippen LogP contribution in [0.5, 0.6) is 0 Å². The highest BCUT2D eigenvalue weighted by Crippen LogP contribution is 2.26. The van der Waals surface area contributed by atoms with E-state index in [1.165, 1.54) is 115 Å². The molecule has 0 amide bonds. The second-order valence-electron chi connectivity index (χ2n) is 10.3. The highest BCUT2D eigenvalue weighted by Gasteiger charge is 2.37. The molecule has 3 unspecified atom stereocenters. The fourth-order valence-electron chi connectivity index (χ4n) is 4.28. The van der Waals surface area contributed by atoms with E-state index in [4.69, 9.17) is 14.6 Å². The summed E-state index contributed by atoms with van der Waals surface area (Å²) >= 11 is 2.06. The topological polar surface area (TPSA) is 93.1 Å². The molecule has 0 saturated heterocycles. The van der Waals surface area contributed by atoms with Gasteiger partial charge in [0.25, 0.3) is 5.34 Å². The van der Waals surface area contributed by atoms with Gasteiger partial charge in [-0.05, 0) is 31.9 Å². The van der Waals surface area contributed by atoms with Crippen molar-refractivity contribution >= 4 is 26.2 Å². The molecular formula is C29H57O6PS. The molecule has 0 saturated carbocycles. The fourth-order valence-corrected chi connectivity index (χ4v) is 5.86. The second kappa shape index (κ2) is 26.0. The third-order valence-electron chi connectivity index (χ3n) is 6.81. The lowest BCUT2D eigenvalue weighted by atomic mass is 10.1. The SMILES string of the molecule is CCCCCCCCCCCCSC(CCCCCCCC)C(C)OCCCOCC(O)(P=O)C(=O)O. The fraction of sp³-hybridized carbons (Fsp3) is 0.966. The second-order valence-corrected chi connectivity index (χ2v) is 12.6. The maximum Gasteiger partial charge on any atom is 0.350 e. The average molecular weight is 565 g/mol. The summed E-state index contributed by atoms with van der Waals surface area (Å²) < 4.78 is 22.2. The largest absolute Gasteiger partial charge is 0.478 e. The molecule has 0 bridgehead atoms. The van der Waals surface area contributed by atoms with Gasteiger partial charge < -0.3 is 19.7 Å². The summed E-state index contributed by atoms with van der Waals surface area (Å²) in [7, 11) is -0.869. The predicted octanol–water partition coefficient (Wildman–Crippen LogP) is 8.64. The van der Waals surface area contributed by atoms with Crippen molar-refractivity contribution in [2.24, 2.45) is 0 Å². The molecule has 37 heavy (non-hydrogen) atoms. The van der Waals surface area contributed by atoms with E-state index in [-0.39, 0.29) is 12.7 Å². The minimum atomic E-state index is -2.37. The first-order valence-corrected chi connectivity index (χ1v) is 16.9. The van der Waals surface area contributed by atoms with Crippen LogP contribution in [0.1, 0.15) is 136 Å². The highest BCUT2D eigenvalue weighted by molar-refractivity contribution is 7.99. The van der Waals surface area contributed by atoms with Crippen molar-refractivity contribution < 1.29 is 29.0 Å². The molecule has 6 nitrogen and oxygen atoms in total. The molecular weight excluding hydrogens is 507 g/mol. The van der Waals surface area contributed by atoms with Gasteiger partial charge in [0.1, 0.15) is 0 Å². The third-order valence-corrected chi connectivity index (χ3v) is 9.00. The lowest BCUT2D eigenvalue weighted by molar-refractivity contribution is -0.154. The van der Waals surface area contributed by atoms with Crippen LogP contribution in [0.4, 0.5) is 0 Å². The van der Waals surface area contributed by atoms with Crippen LogP contribution in [-0.4, -0.2) is 58.5 Å². The molecule has 0 aliphatic rings. The molecule has 0 aromatic rings. The van der Waals surface area contributed by atoms with Crippen LogP contribution in [0.15, 0.2) is 0 Å². The minimum absolute atomic E-state index is 0.153. The Labute approximate surface area is 233 Å². The Hall–Kier alpha value is -0.200. The van der Waals surface area contributed by atoms with Gasteiger partial charge in [-0.1, -0.05) is 110 Å². The number of carboxylic acid groups (broad SMARTS) is 1. The van der Waals surface area contributed by atoms with E-state index in [1.54, 1.807) is 0 Å². The molecule has 220 valence electrons. The van der Waals surface area contributed by atoms with Crippen molar-refractivity contribution in [3.8, 4) is 0 Å². The van der Waals surface area contributed by atoms with Crippen LogP contribution in [0.3, 0.4) is 0 Å². The van der Waals surface area contributed by atoms with Gasteiger partial charge in [0.15, 0.2) is 0 Å². The van der Waals surface area contributed by atoms with Crippen LogP contribution in [0.2, 0.25) is 0 Å². The number of rotatable bonds is 29. The third kappa shape index (κ3) is 21.3. The normalized spacial score (nSPS) is 15.0. The first-order chi connectivity index (χ1) is 17.9. The van der Waals surface area contributed by atoms with Crippen molar-refractivity contribution in [3.63, 3.8) is 0 Å². The van der Waals surface area contributed by atoms with Gasteiger partial charge in [-0.3, -0.25) is 4.57 Å². The zero-order valence-electron chi connectivity index (χ0n) is 24.1. The Morgan fingerprint density at radius 2 is 1.32 bits per heavy atom. The van der Waals surface area contributed by atoms with Gasteiger partial charge in [0.05, 0.1) is 12.7 Å². The van der Waals surface area contributed by atoms with E-state index in [0.717, 1.165) is 0 Å². The standard InChI is InChI=1S/C29H57O6PS/c1-4-6-8-10-12-13-14-15-17-19-24-37-27(21-18-16-11-9-7-5-2)26(3)35-23-20-22-34-25-29(32,36-33)28(30)31/h26-27,32H,4-25H2,1-3H3,(H,30,31). The molecule has 0 spiro atoms. The van der Waals surface area contributed by atoms with E-state index >= 15 is 0 Å². The van der Waals surface area contributed by atoms with Gasteiger partial charge in [0.2, 0.25) is 8.46 Å². The van der Waals surface area contributed by atoms with Crippen LogP contribution in [0.25, 0.3) is 0 Å². The molecule has 3 atom stereocenters. The van der Waals surface area contributed by atoms with Gasteiger partial charge in [-0.25, -0.2) is 4.79 Å². The maximum absolute atomic E-state index is 11.0. The number of aliphatic carboxylic acids is 1. The molecule has 0 fully saturated rings. The Kier molecular flexibility index (Phi) is 25.9. The Bertz CT molecular complexity index is 539. The quantitative estimate of drug-likeness (QED) is 0.0693. The van der Waals surface area contributed by atoms with Crippen molar-refractivity contribution in [1.82, 2.24) is 0 Å². The number of aliphatic hydroxyl groups is 1. The van der Waals surface area contributed by atoms with E-state index in [9.17, 15) is 14.5 Å². The Balaban J connectivity index is 4.18. The van der Waals surface area contributed by atoms with Crippen molar-refractivity contribution in [3.05, 3.63) is 0 Å². The summed E-state index contributed by atoms with van der Waals surface area (Å²) in [6.45, 7) is 6.95. The van der Waals surface area contributed by atoms with Gasteiger partial charge in [-0.2, -0.15) is 11.8 Å². The van der Waals surface area contributed by atoms with Crippen LogP contribution in [0, 0.1) is 0 Å². The lowest BCUT2D eigenvalue weighted by Gasteiger charge is -2.24. The highest BCUT2D eigenvalue weighted by atomic mass is 32.2. The van der Waals surface area contributed by atoms with Crippen molar-refractivity contribution in [2.45, 2.75) is 153 Å². The molecule has 0 radical (unpaired) electrons. The Morgan fingerprint density at radius 3 is 1.84 bits per heavy atom. The number of hydrogen-bond donors (Lipinski definition) is 2. The molecule has 0 aliphatic heterocycles. The first kappa shape index (κ1) is 36.8. The predicted molar refractivity (Wildman–Crippen MR) is 157 cm³/mol. The van der Waals surface area contributed by atoms with Crippen LogP contribution < -0.4 is 0 Å². The van der Waals surface area contributed by atoms with Gasteiger partial charge in [0, 0.05) is 18.5 Å². The smallest absolute Gasteiger partial charge is 0.350 e. The number of ether oxygens (including phenoxy) is 2. The molecule has 0 heterocycles. The zero-order chi connectivity index (χ0) is 27.6. The number of carbonyl (C=O) groups is 1. The lowest BCUT2D eigenvalue weighted by Crippen LogP contribution is -2.37. The Morgan fingerprint density at radius 1 is 0.811 bits per heavy atom. The molecule has 0 aliphatic carbocycles. The molecule has 0 aromatic carbocycles. The summed E-state index contributed by atoms with van der Waals surface area (Å²) in [6, 6.07) is 0. The number of carboxylic acids is 1. The summed E-state index contributed by atoms with van der Waals surface area (Å²) in [4.78, 5) is 11.0. The van der Waals surface area contributed by atoms with Crippen molar-refractivity contribution in [1.29, 1.82) is 0 Å². The molecule has 0 rings (SSSR count). The zero-order valence-corrected chi connectivity index (χ0v) is 25.8. The van der Waals surface area contributed by atoms with Crippen LogP contribution in [-0.2, 0) is 18.8 Å². The van der Waals surface area contributed by atoms with Gasteiger partial charge in [-0.15, -0.1) is 0 Å². The summed E-state index contributed by atoms with van der Waals surface area (Å²) in [5, 5.41) is 16.7. The number of hydrogen-bond acceptors (Lipinski definition) is 6. The summed E-state index contributed by atoms with van der Waals surface area (Å²) in [6.07, 6.45) is 23.3. The summed E-state index contributed by atoms with van der Waals surface area (Å²) in [5.74, 6) is -0.360. The monoisotopic (exact) mass is 564 g/mol. The van der Waals surface area contributed by atoms with E-state index in [0.29, 0.717) is 18.3 Å². The van der Waals surface area contributed by atoms with E-state index in [1.807, 2.05) is 0 Å².